The van der Waals surface area contributed by atoms with Gasteiger partial charge in [-0.1, -0.05) is 12.8 Å². The zero-order chi connectivity index (χ0) is 15.4. The number of aryl methyl sites for hydroxylation is 2. The summed E-state index contributed by atoms with van der Waals surface area (Å²) in [7, 11) is 0. The maximum atomic E-state index is 9.79. The van der Waals surface area contributed by atoms with Crippen molar-refractivity contribution >= 4 is 15.9 Å². The molecule has 1 N–H and O–H groups in total. The topological polar surface area (TPSA) is 41.3 Å². The second-order valence-electron chi connectivity index (χ2n) is 6.22. The van der Waals surface area contributed by atoms with Gasteiger partial charge in [0.15, 0.2) is 0 Å². The highest BCUT2D eigenvalue weighted by Gasteiger charge is 2.25. The minimum Gasteiger partial charge on any atom is -0.393 e. The lowest BCUT2D eigenvalue weighted by Gasteiger charge is -2.31. The molecule has 5 heteroatoms. The number of aliphatic hydroxyl groups excluding tert-OH is 1. The van der Waals surface area contributed by atoms with Gasteiger partial charge in [-0.05, 0) is 62.5 Å². The van der Waals surface area contributed by atoms with Gasteiger partial charge in [-0.15, -0.1) is 0 Å². The van der Waals surface area contributed by atoms with Gasteiger partial charge in [0.2, 0.25) is 0 Å². The summed E-state index contributed by atoms with van der Waals surface area (Å²) < 4.78 is 3.24. The standard InChI is InChI=1S/C16H28BrN3O/c1-4-20-15(16(17)13(3)18-20)11-19-9-7-5-6-8-14(19)10-12(2)21/h12,14,21H,4-11H2,1-3H3. The molecule has 1 aromatic rings. The molecule has 0 bridgehead atoms. The van der Waals surface area contributed by atoms with Gasteiger partial charge in [-0.25, -0.2) is 0 Å². The van der Waals surface area contributed by atoms with Crippen molar-refractivity contribution in [1.82, 2.24) is 14.7 Å². The van der Waals surface area contributed by atoms with Crippen molar-refractivity contribution < 1.29 is 5.11 Å². The minimum atomic E-state index is -0.225. The van der Waals surface area contributed by atoms with E-state index in [4.69, 9.17) is 0 Å². The first kappa shape index (κ1) is 17.0. The van der Waals surface area contributed by atoms with Crippen LogP contribution in [-0.4, -0.2) is 38.5 Å². The van der Waals surface area contributed by atoms with Crippen LogP contribution in [0.4, 0.5) is 0 Å². The van der Waals surface area contributed by atoms with E-state index in [0.717, 1.165) is 36.2 Å². The van der Waals surface area contributed by atoms with Crippen molar-refractivity contribution in [1.29, 1.82) is 0 Å². The predicted molar refractivity (Wildman–Crippen MR) is 89.3 cm³/mol. The highest BCUT2D eigenvalue weighted by molar-refractivity contribution is 9.10. The first-order chi connectivity index (χ1) is 10.0. The monoisotopic (exact) mass is 357 g/mol. The Balaban J connectivity index is 2.17. The Morgan fingerprint density at radius 1 is 1.38 bits per heavy atom. The average molecular weight is 358 g/mol. The number of aliphatic hydroxyl groups is 1. The predicted octanol–water partition coefficient (Wildman–Crippen LogP) is 3.49. The van der Waals surface area contributed by atoms with Crippen LogP contribution in [-0.2, 0) is 13.1 Å². The number of nitrogens with zero attached hydrogens (tertiary/aromatic N) is 3. The van der Waals surface area contributed by atoms with E-state index in [1.165, 1.54) is 31.4 Å². The van der Waals surface area contributed by atoms with E-state index in [1.807, 2.05) is 6.92 Å². The van der Waals surface area contributed by atoms with Crippen LogP contribution in [0.25, 0.3) is 0 Å². The Kier molecular flexibility index (Phi) is 6.26. The van der Waals surface area contributed by atoms with Gasteiger partial charge in [-0.2, -0.15) is 5.10 Å². The molecule has 0 saturated carbocycles. The maximum Gasteiger partial charge on any atom is 0.0739 e. The maximum absolute atomic E-state index is 9.79. The molecule has 1 saturated heterocycles. The van der Waals surface area contributed by atoms with Gasteiger partial charge in [0.1, 0.15) is 0 Å². The van der Waals surface area contributed by atoms with Crippen molar-refractivity contribution in [2.24, 2.45) is 0 Å². The van der Waals surface area contributed by atoms with Gasteiger partial charge >= 0.3 is 0 Å². The Morgan fingerprint density at radius 2 is 2.14 bits per heavy atom. The van der Waals surface area contributed by atoms with Crippen LogP contribution < -0.4 is 0 Å². The summed E-state index contributed by atoms with van der Waals surface area (Å²) in [6, 6.07) is 0.486. The summed E-state index contributed by atoms with van der Waals surface area (Å²) in [4.78, 5) is 2.55. The molecule has 0 aromatic carbocycles. The zero-order valence-corrected chi connectivity index (χ0v) is 15.1. The summed E-state index contributed by atoms with van der Waals surface area (Å²) in [5, 5.41) is 14.4. The summed E-state index contributed by atoms with van der Waals surface area (Å²) in [6.07, 6.45) is 5.68. The van der Waals surface area contributed by atoms with Crippen LogP contribution in [0.3, 0.4) is 0 Å². The third kappa shape index (κ3) is 4.30. The van der Waals surface area contributed by atoms with Crippen molar-refractivity contribution in [3.8, 4) is 0 Å². The fourth-order valence-electron chi connectivity index (χ4n) is 3.32. The van der Waals surface area contributed by atoms with Crippen LogP contribution in [0.15, 0.2) is 4.47 Å². The highest BCUT2D eigenvalue weighted by atomic mass is 79.9. The SMILES string of the molecule is CCn1nc(C)c(Br)c1CN1CCCCCC1CC(C)O. The fraction of sp³-hybridized carbons (Fsp3) is 0.812. The van der Waals surface area contributed by atoms with Crippen LogP contribution in [0.5, 0.6) is 0 Å². The molecular formula is C16H28BrN3O. The van der Waals surface area contributed by atoms with Crippen molar-refractivity contribution in [2.45, 2.75) is 78.1 Å². The number of halogens is 1. The zero-order valence-electron chi connectivity index (χ0n) is 13.5. The highest BCUT2D eigenvalue weighted by Crippen LogP contribution is 2.27. The van der Waals surface area contributed by atoms with E-state index in [-0.39, 0.29) is 6.10 Å². The molecule has 1 aromatic heterocycles. The molecule has 0 aliphatic carbocycles. The Labute approximate surface area is 136 Å². The number of rotatable bonds is 5. The minimum absolute atomic E-state index is 0.225. The summed E-state index contributed by atoms with van der Waals surface area (Å²) >= 11 is 3.70. The van der Waals surface area contributed by atoms with Crippen LogP contribution in [0, 0.1) is 6.92 Å². The molecule has 2 heterocycles. The molecule has 120 valence electrons. The summed E-state index contributed by atoms with van der Waals surface area (Å²) in [5.41, 5.74) is 2.33. The second kappa shape index (κ2) is 7.75. The van der Waals surface area contributed by atoms with Gasteiger partial charge in [0.25, 0.3) is 0 Å². The lowest BCUT2D eigenvalue weighted by molar-refractivity contribution is 0.106. The number of hydrogen-bond donors (Lipinski definition) is 1. The number of hydrogen-bond acceptors (Lipinski definition) is 3. The third-order valence-electron chi connectivity index (χ3n) is 4.42. The van der Waals surface area contributed by atoms with E-state index in [1.54, 1.807) is 0 Å². The summed E-state index contributed by atoms with van der Waals surface area (Å²) in [5.74, 6) is 0. The first-order valence-corrected chi connectivity index (χ1v) is 8.96. The molecule has 0 amide bonds. The quantitative estimate of drug-likeness (QED) is 0.876. The molecule has 1 aliphatic heterocycles. The second-order valence-corrected chi connectivity index (χ2v) is 7.01. The van der Waals surface area contributed by atoms with Crippen molar-refractivity contribution in [2.75, 3.05) is 6.54 Å². The molecule has 2 rings (SSSR count). The fourth-order valence-corrected chi connectivity index (χ4v) is 3.73. The van der Waals surface area contributed by atoms with Gasteiger partial charge in [-0.3, -0.25) is 9.58 Å². The van der Waals surface area contributed by atoms with E-state index >= 15 is 0 Å². The van der Waals surface area contributed by atoms with Gasteiger partial charge in [0.05, 0.1) is 22.0 Å². The van der Waals surface area contributed by atoms with E-state index < -0.39 is 0 Å². The normalized spacial score (nSPS) is 22.2. The largest absolute Gasteiger partial charge is 0.393 e. The van der Waals surface area contributed by atoms with Crippen LogP contribution in [0.2, 0.25) is 0 Å². The van der Waals surface area contributed by atoms with E-state index in [0.29, 0.717) is 6.04 Å². The smallest absolute Gasteiger partial charge is 0.0739 e. The lowest BCUT2D eigenvalue weighted by Crippen LogP contribution is -2.37. The summed E-state index contributed by atoms with van der Waals surface area (Å²) in [6.45, 7) is 9.04. The molecule has 0 radical (unpaired) electrons. The Morgan fingerprint density at radius 3 is 2.81 bits per heavy atom. The third-order valence-corrected chi connectivity index (χ3v) is 5.45. The molecule has 1 fully saturated rings. The molecule has 1 aliphatic rings. The van der Waals surface area contributed by atoms with Crippen LogP contribution >= 0.6 is 15.9 Å². The molecule has 2 unspecified atom stereocenters. The van der Waals surface area contributed by atoms with Gasteiger partial charge < -0.3 is 5.11 Å². The first-order valence-electron chi connectivity index (χ1n) is 8.16. The van der Waals surface area contributed by atoms with Crippen molar-refractivity contribution in [3.63, 3.8) is 0 Å². The molecule has 2 atom stereocenters. The number of aromatic nitrogens is 2. The van der Waals surface area contributed by atoms with Gasteiger partial charge in [0, 0.05) is 19.1 Å². The molecule has 0 spiro atoms. The molecule has 21 heavy (non-hydrogen) atoms. The molecular weight excluding hydrogens is 330 g/mol. The van der Waals surface area contributed by atoms with E-state index in [9.17, 15) is 5.11 Å². The van der Waals surface area contributed by atoms with E-state index in [2.05, 4.69) is 44.5 Å². The van der Waals surface area contributed by atoms with Crippen LogP contribution in [0.1, 0.15) is 57.3 Å². The molecule has 4 nitrogen and oxygen atoms in total. The Bertz CT molecular complexity index is 459. The van der Waals surface area contributed by atoms with Crippen molar-refractivity contribution in [3.05, 3.63) is 15.9 Å². The lowest BCUT2D eigenvalue weighted by atomic mass is 10.0. The average Bonchev–Trinajstić information content (AvgIpc) is 2.61. The number of likely N-dealkylation sites (tertiary alicyclic amines) is 1. The Hall–Kier alpha value is -0.390.